The van der Waals surface area contributed by atoms with Gasteiger partial charge in [-0.1, -0.05) is 0 Å². The Hall–Kier alpha value is -3.07. The predicted molar refractivity (Wildman–Crippen MR) is 102 cm³/mol. The van der Waals surface area contributed by atoms with Crippen molar-refractivity contribution in [3.63, 3.8) is 0 Å². The van der Waals surface area contributed by atoms with Gasteiger partial charge in [0, 0.05) is 19.6 Å². The lowest BCUT2D eigenvalue weighted by Crippen LogP contribution is -2.43. The summed E-state index contributed by atoms with van der Waals surface area (Å²) in [6.07, 6.45) is 0.673. The fourth-order valence-electron chi connectivity index (χ4n) is 3.73. The van der Waals surface area contributed by atoms with Crippen molar-refractivity contribution in [3.8, 4) is 0 Å². The lowest BCUT2D eigenvalue weighted by molar-refractivity contribution is -0.146. The van der Waals surface area contributed by atoms with E-state index in [0.29, 0.717) is 25.2 Å². The van der Waals surface area contributed by atoms with Crippen LogP contribution in [0.2, 0.25) is 0 Å². The number of carboxylic acid groups (broad SMARTS) is 1. The zero-order chi connectivity index (χ0) is 20.5. The lowest BCUT2D eigenvalue weighted by Gasteiger charge is -2.33. The van der Waals surface area contributed by atoms with Crippen LogP contribution in [-0.4, -0.2) is 48.1 Å². The molecule has 0 aliphatic carbocycles. The summed E-state index contributed by atoms with van der Waals surface area (Å²) in [7, 11) is 0. The molecule has 9 heteroatoms. The smallest absolute Gasteiger partial charge is 0.316 e. The molecule has 2 aliphatic rings. The highest BCUT2D eigenvalue weighted by molar-refractivity contribution is 6.11. The van der Waals surface area contributed by atoms with Gasteiger partial charge in [-0.25, -0.2) is 13.8 Å². The number of nitrogens with zero attached hydrogens (tertiary/aromatic N) is 3. The second-order valence-electron chi connectivity index (χ2n) is 7.11. The van der Waals surface area contributed by atoms with Crippen LogP contribution in [0, 0.1) is 17.6 Å². The summed E-state index contributed by atoms with van der Waals surface area (Å²) in [5.41, 5.74) is 0.613. The Morgan fingerprint density at radius 1 is 1.14 bits per heavy atom. The number of halogens is 2. The molecular formula is C20H20F2N4O3. The highest BCUT2D eigenvalue weighted by Crippen LogP contribution is 2.37. The third-order valence-corrected chi connectivity index (χ3v) is 5.19. The quantitative estimate of drug-likeness (QED) is 0.765. The molecule has 1 unspecified atom stereocenters. The third kappa shape index (κ3) is 3.65. The van der Waals surface area contributed by atoms with Crippen molar-refractivity contribution in [2.24, 2.45) is 5.92 Å². The second kappa shape index (κ2) is 7.75. The van der Waals surface area contributed by atoms with E-state index in [1.54, 1.807) is 0 Å². The molecule has 0 bridgehead atoms. The molecule has 1 amide bonds. The Kier molecular flexibility index (Phi) is 5.14. The van der Waals surface area contributed by atoms with Crippen molar-refractivity contribution in [1.29, 1.82) is 0 Å². The van der Waals surface area contributed by atoms with Crippen LogP contribution in [0.3, 0.4) is 0 Å². The number of anilines is 3. The topological polar surface area (TPSA) is 85.8 Å². The lowest BCUT2D eigenvalue weighted by atomic mass is 9.93. The average molecular weight is 402 g/mol. The van der Waals surface area contributed by atoms with Crippen LogP contribution in [0.25, 0.3) is 0 Å². The number of carbonyl (C=O) groups excluding carboxylic acids is 1. The molecule has 2 aliphatic heterocycles. The summed E-state index contributed by atoms with van der Waals surface area (Å²) in [6.45, 7) is 2.67. The van der Waals surface area contributed by atoms with Gasteiger partial charge in [-0.05, 0) is 55.3 Å². The van der Waals surface area contributed by atoms with Crippen LogP contribution in [0.5, 0.6) is 0 Å². The van der Waals surface area contributed by atoms with Gasteiger partial charge in [-0.2, -0.15) is 0 Å². The van der Waals surface area contributed by atoms with Gasteiger partial charge >= 0.3 is 5.97 Å². The normalized spacial score (nSPS) is 19.7. The van der Waals surface area contributed by atoms with Crippen LogP contribution in [0.15, 0.2) is 30.3 Å². The number of hydrogen-bond acceptors (Lipinski definition) is 5. The Labute approximate surface area is 165 Å². The number of aromatic nitrogens is 1. The predicted octanol–water partition coefficient (Wildman–Crippen LogP) is 2.08. The highest BCUT2D eigenvalue weighted by atomic mass is 19.1. The standard InChI is InChI=1S/C20H20F2N4O3/c21-13-2-4-14(5-3-13)26-17-12(10-15(19(26)27)20(28)29)11-16(22)18(24-17)25-8-1-6-23-7-9-25/h2-5,11,15,23H,1,6-10H2,(H,28,29). The van der Waals surface area contributed by atoms with Gasteiger partial charge in [0.15, 0.2) is 11.6 Å². The maximum Gasteiger partial charge on any atom is 0.316 e. The van der Waals surface area contributed by atoms with E-state index >= 15 is 0 Å². The van der Waals surface area contributed by atoms with Crippen LogP contribution >= 0.6 is 0 Å². The number of pyridine rings is 1. The van der Waals surface area contributed by atoms with Gasteiger partial charge < -0.3 is 15.3 Å². The molecule has 1 fully saturated rings. The van der Waals surface area contributed by atoms with Gasteiger partial charge in [0.1, 0.15) is 17.6 Å². The van der Waals surface area contributed by atoms with Crippen molar-refractivity contribution < 1.29 is 23.5 Å². The summed E-state index contributed by atoms with van der Waals surface area (Å²) in [4.78, 5) is 31.9. The summed E-state index contributed by atoms with van der Waals surface area (Å²) in [5, 5.41) is 12.7. The molecular weight excluding hydrogens is 382 g/mol. The van der Waals surface area contributed by atoms with Crippen molar-refractivity contribution >= 4 is 29.2 Å². The van der Waals surface area contributed by atoms with Crippen molar-refractivity contribution in [1.82, 2.24) is 10.3 Å². The molecule has 3 heterocycles. The van der Waals surface area contributed by atoms with Gasteiger partial charge in [0.2, 0.25) is 5.91 Å². The molecule has 4 rings (SSSR count). The fourth-order valence-corrected chi connectivity index (χ4v) is 3.73. The first kappa shape index (κ1) is 19.3. The SMILES string of the molecule is O=C(O)C1Cc2cc(F)c(N3CCCNCC3)nc2N(c2ccc(F)cc2)C1=O. The van der Waals surface area contributed by atoms with Crippen molar-refractivity contribution in [2.75, 3.05) is 36.0 Å². The number of carbonyl (C=O) groups is 2. The number of rotatable bonds is 3. The minimum atomic E-state index is -1.36. The Morgan fingerprint density at radius 2 is 1.90 bits per heavy atom. The maximum atomic E-state index is 14.9. The molecule has 1 aromatic heterocycles. The summed E-state index contributed by atoms with van der Waals surface area (Å²) in [6, 6.07) is 6.37. The van der Waals surface area contributed by atoms with E-state index in [9.17, 15) is 23.5 Å². The van der Waals surface area contributed by atoms with E-state index in [0.717, 1.165) is 17.9 Å². The molecule has 2 aromatic rings. The molecule has 1 saturated heterocycles. The largest absolute Gasteiger partial charge is 0.481 e. The van der Waals surface area contributed by atoms with E-state index in [1.807, 2.05) is 4.90 Å². The molecule has 29 heavy (non-hydrogen) atoms. The minimum Gasteiger partial charge on any atom is -0.481 e. The van der Waals surface area contributed by atoms with Gasteiger partial charge in [0.25, 0.3) is 0 Å². The molecule has 0 spiro atoms. The first-order valence-electron chi connectivity index (χ1n) is 9.43. The number of hydrogen-bond donors (Lipinski definition) is 2. The summed E-state index contributed by atoms with van der Waals surface area (Å²) in [5.74, 6) is -4.06. The first-order valence-corrected chi connectivity index (χ1v) is 9.43. The zero-order valence-electron chi connectivity index (χ0n) is 15.6. The zero-order valence-corrected chi connectivity index (χ0v) is 15.6. The van der Waals surface area contributed by atoms with Crippen molar-refractivity contribution in [3.05, 3.63) is 47.5 Å². The van der Waals surface area contributed by atoms with Crippen LogP contribution in [0.1, 0.15) is 12.0 Å². The number of amides is 1. The minimum absolute atomic E-state index is 0.126. The number of fused-ring (bicyclic) bond motifs is 1. The second-order valence-corrected chi connectivity index (χ2v) is 7.11. The molecule has 2 N–H and O–H groups in total. The maximum absolute atomic E-state index is 14.9. The van der Waals surface area contributed by atoms with E-state index in [4.69, 9.17) is 0 Å². The monoisotopic (exact) mass is 402 g/mol. The van der Waals surface area contributed by atoms with Crippen molar-refractivity contribution in [2.45, 2.75) is 12.8 Å². The summed E-state index contributed by atoms with van der Waals surface area (Å²) < 4.78 is 28.3. The van der Waals surface area contributed by atoms with Crippen LogP contribution in [-0.2, 0) is 16.0 Å². The van der Waals surface area contributed by atoms with E-state index in [1.165, 1.54) is 30.3 Å². The van der Waals surface area contributed by atoms with Gasteiger partial charge in [-0.15, -0.1) is 0 Å². The Bertz CT molecular complexity index is 943. The number of benzene rings is 1. The molecule has 0 radical (unpaired) electrons. The van der Waals surface area contributed by atoms with E-state index < -0.39 is 29.4 Å². The molecule has 1 atom stereocenters. The Balaban J connectivity index is 1.83. The molecule has 0 saturated carbocycles. The molecule has 7 nitrogen and oxygen atoms in total. The third-order valence-electron chi connectivity index (χ3n) is 5.19. The van der Waals surface area contributed by atoms with Gasteiger partial charge in [-0.3, -0.25) is 14.5 Å². The fraction of sp³-hybridized carbons (Fsp3) is 0.350. The molecule has 152 valence electrons. The highest BCUT2D eigenvalue weighted by Gasteiger charge is 2.40. The number of nitrogens with one attached hydrogen (secondary N) is 1. The molecule has 1 aromatic carbocycles. The van der Waals surface area contributed by atoms with E-state index in [-0.39, 0.29) is 23.7 Å². The Morgan fingerprint density at radius 3 is 2.62 bits per heavy atom. The van der Waals surface area contributed by atoms with Crippen LogP contribution in [0.4, 0.5) is 26.1 Å². The average Bonchev–Trinajstić information content (AvgIpc) is 2.97. The van der Waals surface area contributed by atoms with Crippen LogP contribution < -0.4 is 15.1 Å². The van der Waals surface area contributed by atoms with Gasteiger partial charge in [0.05, 0.1) is 5.69 Å². The summed E-state index contributed by atoms with van der Waals surface area (Å²) >= 11 is 0. The number of aliphatic carboxylic acids is 1. The first-order chi connectivity index (χ1) is 14.0. The van der Waals surface area contributed by atoms with E-state index in [2.05, 4.69) is 10.3 Å². The number of carboxylic acids is 1.